The largest absolute Gasteiger partial charge is 0.383 e. The molecule has 1 heterocycles. The lowest BCUT2D eigenvalue weighted by Crippen LogP contribution is -2.22. The normalized spacial score (nSPS) is 11.4. The summed E-state index contributed by atoms with van der Waals surface area (Å²) in [6.07, 6.45) is 3.14. The molecule has 0 radical (unpaired) electrons. The van der Waals surface area contributed by atoms with Crippen LogP contribution < -0.4 is 5.43 Å². The van der Waals surface area contributed by atoms with Crippen LogP contribution >= 0.6 is 11.6 Å². The fraction of sp³-hybridized carbons (Fsp3) is 0.188. The number of halogens is 1. The van der Waals surface area contributed by atoms with Gasteiger partial charge < -0.3 is 4.90 Å². The van der Waals surface area contributed by atoms with E-state index in [9.17, 15) is 9.59 Å². The minimum atomic E-state index is -0.417. The molecule has 0 unspecified atom stereocenters. The van der Waals surface area contributed by atoms with Gasteiger partial charge in [0.2, 0.25) is 11.2 Å². The van der Waals surface area contributed by atoms with E-state index in [0.717, 1.165) is 0 Å². The van der Waals surface area contributed by atoms with Crippen LogP contribution in [0, 0.1) is 0 Å². The van der Waals surface area contributed by atoms with Gasteiger partial charge in [-0.1, -0.05) is 23.7 Å². The molecule has 0 bridgehead atoms. The average molecular weight is 318 g/mol. The minimum Gasteiger partial charge on any atom is -0.383 e. The third kappa shape index (κ3) is 3.43. The molecular weight excluding hydrogens is 302 g/mol. The van der Waals surface area contributed by atoms with Crippen molar-refractivity contribution >= 4 is 17.4 Å². The predicted octanol–water partition coefficient (Wildman–Crippen LogP) is 2.53. The number of aromatic nitrogens is 2. The highest BCUT2D eigenvalue weighted by atomic mass is 35.5. The van der Waals surface area contributed by atoms with Crippen molar-refractivity contribution < 1.29 is 4.79 Å². The van der Waals surface area contributed by atoms with E-state index < -0.39 is 11.2 Å². The molecule has 0 spiro atoms. The summed E-state index contributed by atoms with van der Waals surface area (Å²) in [7, 11) is 3.61. The van der Waals surface area contributed by atoms with Gasteiger partial charge in [0.25, 0.3) is 0 Å². The Labute approximate surface area is 133 Å². The number of benzene rings is 1. The molecule has 5 nitrogen and oxygen atoms in total. The molecule has 6 heteroatoms. The summed E-state index contributed by atoms with van der Waals surface area (Å²) in [6, 6.07) is 8.39. The van der Waals surface area contributed by atoms with Gasteiger partial charge >= 0.3 is 0 Å². The van der Waals surface area contributed by atoms with Gasteiger partial charge in [0, 0.05) is 38.1 Å². The van der Waals surface area contributed by atoms with Crippen LogP contribution in [0.2, 0.25) is 5.02 Å². The summed E-state index contributed by atoms with van der Waals surface area (Å²) >= 11 is 6.12. The zero-order valence-corrected chi connectivity index (χ0v) is 13.3. The number of Topliss-reactive ketones (excluding diaryl/α,β-unsaturated/α-hetero) is 1. The molecule has 0 atom stereocenters. The molecule has 0 amide bonds. The van der Waals surface area contributed by atoms with Gasteiger partial charge in [0.1, 0.15) is 0 Å². The molecular formula is C16H16ClN3O2. The summed E-state index contributed by atoms with van der Waals surface area (Å²) in [5.74, 6) is -0.403. The third-order valence-electron chi connectivity index (χ3n) is 2.93. The topological polar surface area (TPSA) is 55.2 Å². The molecule has 1 aromatic heterocycles. The van der Waals surface area contributed by atoms with Gasteiger partial charge in [-0.3, -0.25) is 9.59 Å². The van der Waals surface area contributed by atoms with Crippen LogP contribution in [0.3, 0.4) is 0 Å². The predicted molar refractivity (Wildman–Crippen MR) is 86.6 cm³/mol. The molecule has 0 fully saturated rings. The highest BCUT2D eigenvalue weighted by Gasteiger charge is 2.16. The Hall–Kier alpha value is -2.40. The number of hydrogen-bond acceptors (Lipinski definition) is 4. The molecule has 0 N–H and O–H groups in total. The van der Waals surface area contributed by atoms with Crippen molar-refractivity contribution in [2.75, 3.05) is 14.1 Å². The van der Waals surface area contributed by atoms with Crippen molar-refractivity contribution in [3.05, 3.63) is 69.2 Å². The standard InChI is InChI=1S/C16H16ClN3O2/c1-11(10-19(2)3)16(22)15-14(21)8-9-20(18-15)13-7-5-4-6-12(13)17/h4-10H,1-3H3/b11-10+. The van der Waals surface area contributed by atoms with Gasteiger partial charge in [-0.15, -0.1) is 0 Å². The zero-order valence-electron chi connectivity index (χ0n) is 12.6. The lowest BCUT2D eigenvalue weighted by atomic mass is 10.1. The Bertz CT molecular complexity index is 794. The van der Waals surface area contributed by atoms with E-state index in [1.54, 1.807) is 56.4 Å². The summed E-state index contributed by atoms with van der Waals surface area (Å²) in [5, 5.41) is 4.63. The maximum atomic E-state index is 12.4. The Balaban J connectivity index is 2.51. The second-order valence-corrected chi connectivity index (χ2v) is 5.44. The number of para-hydroxylation sites is 1. The molecule has 114 valence electrons. The van der Waals surface area contributed by atoms with Crippen LogP contribution in [0.5, 0.6) is 0 Å². The Morgan fingerprint density at radius 1 is 1.27 bits per heavy atom. The third-order valence-corrected chi connectivity index (χ3v) is 3.25. The molecule has 0 aliphatic heterocycles. The van der Waals surface area contributed by atoms with Gasteiger partial charge in [-0.2, -0.15) is 5.10 Å². The monoisotopic (exact) mass is 317 g/mol. The summed E-state index contributed by atoms with van der Waals surface area (Å²) in [4.78, 5) is 26.1. The van der Waals surface area contributed by atoms with E-state index in [1.165, 1.54) is 16.9 Å². The lowest BCUT2D eigenvalue weighted by Gasteiger charge is -2.10. The average Bonchev–Trinajstić information content (AvgIpc) is 2.47. The quantitative estimate of drug-likeness (QED) is 0.642. The Morgan fingerprint density at radius 2 is 1.95 bits per heavy atom. The van der Waals surface area contributed by atoms with E-state index in [4.69, 9.17) is 11.6 Å². The van der Waals surface area contributed by atoms with Crippen molar-refractivity contribution in [1.29, 1.82) is 0 Å². The molecule has 2 aromatic rings. The number of ketones is 1. The van der Waals surface area contributed by atoms with Crippen molar-refractivity contribution in [1.82, 2.24) is 14.7 Å². The summed E-state index contributed by atoms with van der Waals surface area (Å²) < 4.78 is 1.43. The van der Waals surface area contributed by atoms with Crippen LogP contribution in [-0.2, 0) is 0 Å². The van der Waals surface area contributed by atoms with Crippen molar-refractivity contribution in [3.63, 3.8) is 0 Å². The highest BCUT2D eigenvalue weighted by Crippen LogP contribution is 2.18. The van der Waals surface area contributed by atoms with Gasteiger partial charge in [-0.25, -0.2) is 4.68 Å². The molecule has 0 aliphatic carbocycles. The highest BCUT2D eigenvalue weighted by molar-refractivity contribution is 6.32. The van der Waals surface area contributed by atoms with Gasteiger partial charge in [-0.05, 0) is 19.1 Å². The van der Waals surface area contributed by atoms with E-state index in [2.05, 4.69) is 5.10 Å². The van der Waals surface area contributed by atoms with Crippen molar-refractivity contribution in [2.45, 2.75) is 6.92 Å². The first-order valence-electron chi connectivity index (χ1n) is 6.64. The zero-order chi connectivity index (χ0) is 16.3. The van der Waals surface area contributed by atoms with E-state index in [-0.39, 0.29) is 5.69 Å². The number of carbonyl (C=O) groups is 1. The number of hydrogen-bond donors (Lipinski definition) is 0. The SMILES string of the molecule is C/C(=C\N(C)C)C(=O)c1nn(-c2ccccc2Cl)ccc1=O. The fourth-order valence-corrected chi connectivity index (χ4v) is 2.19. The molecule has 1 aromatic carbocycles. The smallest absolute Gasteiger partial charge is 0.214 e. The fourth-order valence-electron chi connectivity index (χ4n) is 1.97. The molecule has 0 saturated carbocycles. The van der Waals surface area contributed by atoms with E-state index >= 15 is 0 Å². The first kappa shape index (κ1) is 16.0. The van der Waals surface area contributed by atoms with Crippen LogP contribution in [0.25, 0.3) is 5.69 Å². The molecule has 22 heavy (non-hydrogen) atoms. The van der Waals surface area contributed by atoms with E-state index in [1.807, 2.05) is 0 Å². The first-order chi connectivity index (χ1) is 10.4. The maximum absolute atomic E-state index is 12.4. The second kappa shape index (κ2) is 6.58. The maximum Gasteiger partial charge on any atom is 0.214 e. The van der Waals surface area contributed by atoms with Crippen LogP contribution in [0.15, 0.2) is 53.1 Å². The van der Waals surface area contributed by atoms with Crippen LogP contribution in [0.4, 0.5) is 0 Å². The van der Waals surface area contributed by atoms with Gasteiger partial charge in [0.05, 0.1) is 10.7 Å². The first-order valence-corrected chi connectivity index (χ1v) is 7.02. The Morgan fingerprint density at radius 3 is 2.59 bits per heavy atom. The summed E-state index contributed by atoms with van der Waals surface area (Å²) in [5.41, 5.74) is 0.497. The number of nitrogens with zero attached hydrogens (tertiary/aromatic N) is 3. The molecule has 0 saturated heterocycles. The van der Waals surface area contributed by atoms with Crippen molar-refractivity contribution in [3.8, 4) is 5.69 Å². The van der Waals surface area contributed by atoms with Crippen LogP contribution in [-0.4, -0.2) is 34.6 Å². The van der Waals surface area contributed by atoms with E-state index in [0.29, 0.717) is 16.3 Å². The van der Waals surface area contributed by atoms with Crippen molar-refractivity contribution in [2.24, 2.45) is 0 Å². The second-order valence-electron chi connectivity index (χ2n) is 5.03. The molecule has 2 rings (SSSR count). The molecule has 0 aliphatic rings. The number of rotatable bonds is 4. The van der Waals surface area contributed by atoms with Crippen LogP contribution in [0.1, 0.15) is 17.4 Å². The Kier molecular flexibility index (Phi) is 4.78. The summed E-state index contributed by atoms with van der Waals surface area (Å²) in [6.45, 7) is 1.65. The minimum absolute atomic E-state index is 0.127. The lowest BCUT2D eigenvalue weighted by molar-refractivity contribution is 0.102. The van der Waals surface area contributed by atoms with Gasteiger partial charge in [0.15, 0.2) is 5.69 Å². The number of allylic oxidation sites excluding steroid dienone is 1. The number of carbonyl (C=O) groups excluding carboxylic acids is 1.